The summed E-state index contributed by atoms with van der Waals surface area (Å²) in [5.41, 5.74) is 3.94. The molecule has 1 atom stereocenters. The van der Waals surface area contributed by atoms with E-state index >= 15 is 0 Å². The zero-order valence-electron chi connectivity index (χ0n) is 10.6. The second-order valence-corrected chi connectivity index (χ2v) is 4.53. The second-order valence-electron chi connectivity index (χ2n) is 4.53. The first-order valence-corrected chi connectivity index (χ1v) is 5.94. The lowest BCUT2D eigenvalue weighted by Gasteiger charge is -2.14. The van der Waals surface area contributed by atoms with Crippen LogP contribution in [0.25, 0.3) is 0 Å². The molecule has 0 fully saturated rings. The van der Waals surface area contributed by atoms with Gasteiger partial charge in [-0.1, -0.05) is 48.5 Å². The van der Waals surface area contributed by atoms with Crippen LogP contribution < -0.4 is 0 Å². The number of carboxylic acid groups (broad SMARTS) is 1. The van der Waals surface area contributed by atoms with E-state index in [1.165, 1.54) is 5.56 Å². The first kappa shape index (κ1) is 12.4. The van der Waals surface area contributed by atoms with Gasteiger partial charge in [-0.05, 0) is 36.1 Å². The summed E-state index contributed by atoms with van der Waals surface area (Å²) in [5, 5.41) is 9.44. The van der Waals surface area contributed by atoms with Crippen molar-refractivity contribution in [2.75, 3.05) is 0 Å². The van der Waals surface area contributed by atoms with E-state index in [-0.39, 0.29) is 0 Å². The lowest BCUT2D eigenvalue weighted by Crippen LogP contribution is -2.13. The van der Waals surface area contributed by atoms with E-state index in [4.69, 9.17) is 0 Å². The van der Waals surface area contributed by atoms with Crippen molar-refractivity contribution >= 4 is 5.97 Å². The first-order chi connectivity index (χ1) is 8.59. The summed E-state index contributed by atoms with van der Waals surface area (Å²) in [4.78, 5) is 11.5. The van der Waals surface area contributed by atoms with Gasteiger partial charge in [-0.25, -0.2) is 0 Å². The van der Waals surface area contributed by atoms with E-state index < -0.39 is 11.9 Å². The summed E-state index contributed by atoms with van der Waals surface area (Å²) in [6.45, 7) is 4.03. The first-order valence-electron chi connectivity index (χ1n) is 5.94. The van der Waals surface area contributed by atoms with Gasteiger partial charge in [0, 0.05) is 0 Å². The summed E-state index contributed by atoms with van der Waals surface area (Å²) in [6, 6.07) is 15.2. The van der Waals surface area contributed by atoms with Crippen molar-refractivity contribution < 1.29 is 9.90 Å². The molecule has 2 rings (SSSR count). The Morgan fingerprint density at radius 1 is 0.944 bits per heavy atom. The number of carboxylic acids is 1. The van der Waals surface area contributed by atoms with Crippen LogP contribution in [0.5, 0.6) is 0 Å². The number of hydrogen-bond acceptors (Lipinski definition) is 1. The summed E-state index contributed by atoms with van der Waals surface area (Å²) in [5.74, 6) is -1.41. The molecule has 2 aromatic rings. The number of rotatable bonds is 3. The van der Waals surface area contributed by atoms with Gasteiger partial charge in [0.2, 0.25) is 0 Å². The molecule has 0 saturated carbocycles. The van der Waals surface area contributed by atoms with Crippen LogP contribution in [0.1, 0.15) is 28.2 Å². The maximum Gasteiger partial charge on any atom is 0.315 e. The average Bonchev–Trinajstić information content (AvgIpc) is 2.35. The van der Waals surface area contributed by atoms with Crippen LogP contribution >= 0.6 is 0 Å². The Hall–Kier alpha value is -2.09. The molecule has 1 N–H and O–H groups in total. The van der Waals surface area contributed by atoms with Gasteiger partial charge in [0.05, 0.1) is 0 Å². The van der Waals surface area contributed by atoms with Crippen LogP contribution in [0.4, 0.5) is 0 Å². The number of aliphatic carboxylic acids is 1. The largest absolute Gasteiger partial charge is 0.481 e. The Kier molecular flexibility index (Phi) is 3.47. The molecule has 1 unspecified atom stereocenters. The smallest absolute Gasteiger partial charge is 0.315 e. The molecular formula is C16H16O2. The predicted octanol–water partition coefficient (Wildman–Crippen LogP) is 3.52. The lowest BCUT2D eigenvalue weighted by atomic mass is 9.89. The summed E-state index contributed by atoms with van der Waals surface area (Å²) in [7, 11) is 0. The normalized spacial score (nSPS) is 12.1. The molecule has 0 spiro atoms. The minimum Gasteiger partial charge on any atom is -0.481 e. The topological polar surface area (TPSA) is 37.3 Å². The Labute approximate surface area is 107 Å². The molecule has 0 bridgehead atoms. The van der Waals surface area contributed by atoms with E-state index in [1.807, 2.05) is 62.4 Å². The number of carbonyl (C=O) groups is 1. The van der Waals surface area contributed by atoms with E-state index in [0.29, 0.717) is 0 Å². The molecule has 0 amide bonds. The van der Waals surface area contributed by atoms with Gasteiger partial charge < -0.3 is 5.11 Å². The molecule has 92 valence electrons. The van der Waals surface area contributed by atoms with E-state index in [9.17, 15) is 9.90 Å². The summed E-state index contributed by atoms with van der Waals surface area (Å²) >= 11 is 0. The van der Waals surface area contributed by atoms with Crippen molar-refractivity contribution in [3.8, 4) is 0 Å². The highest BCUT2D eigenvalue weighted by atomic mass is 16.4. The van der Waals surface area contributed by atoms with Gasteiger partial charge in [0.15, 0.2) is 0 Å². The fourth-order valence-corrected chi connectivity index (χ4v) is 2.07. The van der Waals surface area contributed by atoms with Crippen LogP contribution in [-0.4, -0.2) is 11.1 Å². The number of benzene rings is 2. The third-order valence-corrected chi connectivity index (χ3v) is 3.24. The van der Waals surface area contributed by atoms with Gasteiger partial charge in [-0.3, -0.25) is 4.79 Å². The minimum absolute atomic E-state index is 0.592. The Morgan fingerprint density at radius 3 is 2.17 bits per heavy atom. The SMILES string of the molecule is Cc1ccc(C(C(=O)O)c2ccccc2)cc1C. The highest BCUT2D eigenvalue weighted by Crippen LogP contribution is 2.26. The minimum atomic E-state index is -0.815. The molecule has 2 heteroatoms. The van der Waals surface area contributed by atoms with Crippen molar-refractivity contribution in [1.82, 2.24) is 0 Å². The molecule has 2 aromatic carbocycles. The third kappa shape index (κ3) is 2.43. The predicted molar refractivity (Wildman–Crippen MR) is 71.8 cm³/mol. The summed E-state index contributed by atoms with van der Waals surface area (Å²) in [6.07, 6.45) is 0. The number of hydrogen-bond donors (Lipinski definition) is 1. The van der Waals surface area contributed by atoms with Gasteiger partial charge in [0.25, 0.3) is 0 Å². The quantitative estimate of drug-likeness (QED) is 0.891. The van der Waals surface area contributed by atoms with Crippen LogP contribution in [0.2, 0.25) is 0 Å². The van der Waals surface area contributed by atoms with Crippen LogP contribution in [0.3, 0.4) is 0 Å². The maximum atomic E-state index is 11.5. The van der Waals surface area contributed by atoms with Crippen LogP contribution in [0, 0.1) is 13.8 Å². The molecule has 0 aliphatic heterocycles. The molecule has 0 aliphatic carbocycles. The molecule has 0 saturated heterocycles. The van der Waals surface area contributed by atoms with Gasteiger partial charge in [-0.2, -0.15) is 0 Å². The van der Waals surface area contributed by atoms with E-state index in [1.54, 1.807) is 0 Å². The monoisotopic (exact) mass is 240 g/mol. The second kappa shape index (κ2) is 5.05. The van der Waals surface area contributed by atoms with E-state index in [2.05, 4.69) is 0 Å². The fraction of sp³-hybridized carbons (Fsp3) is 0.188. The van der Waals surface area contributed by atoms with Crippen molar-refractivity contribution in [3.05, 3.63) is 70.8 Å². The van der Waals surface area contributed by atoms with Gasteiger partial charge >= 0.3 is 5.97 Å². The maximum absolute atomic E-state index is 11.5. The lowest BCUT2D eigenvalue weighted by molar-refractivity contribution is -0.137. The third-order valence-electron chi connectivity index (χ3n) is 3.24. The van der Waals surface area contributed by atoms with Crippen LogP contribution in [-0.2, 0) is 4.79 Å². The fourth-order valence-electron chi connectivity index (χ4n) is 2.07. The Morgan fingerprint density at radius 2 is 1.61 bits per heavy atom. The van der Waals surface area contributed by atoms with Crippen molar-refractivity contribution in [2.45, 2.75) is 19.8 Å². The van der Waals surface area contributed by atoms with Crippen LogP contribution in [0.15, 0.2) is 48.5 Å². The highest BCUT2D eigenvalue weighted by molar-refractivity contribution is 5.80. The molecule has 2 nitrogen and oxygen atoms in total. The standard InChI is InChI=1S/C16H16O2/c1-11-8-9-14(10-12(11)2)15(16(17)18)13-6-4-3-5-7-13/h3-10,15H,1-2H3,(H,17,18). The average molecular weight is 240 g/mol. The van der Waals surface area contributed by atoms with Gasteiger partial charge in [0.1, 0.15) is 5.92 Å². The molecule has 0 aromatic heterocycles. The van der Waals surface area contributed by atoms with E-state index in [0.717, 1.165) is 16.7 Å². The Balaban J connectivity index is 2.49. The molecule has 0 heterocycles. The molecule has 0 radical (unpaired) electrons. The highest BCUT2D eigenvalue weighted by Gasteiger charge is 2.21. The van der Waals surface area contributed by atoms with Crippen molar-refractivity contribution in [2.24, 2.45) is 0 Å². The van der Waals surface area contributed by atoms with Crippen molar-refractivity contribution in [3.63, 3.8) is 0 Å². The van der Waals surface area contributed by atoms with Gasteiger partial charge in [-0.15, -0.1) is 0 Å². The molecule has 0 aliphatic rings. The number of aryl methyl sites for hydroxylation is 2. The molecule has 18 heavy (non-hydrogen) atoms. The zero-order valence-corrected chi connectivity index (χ0v) is 10.6. The Bertz CT molecular complexity index is 559. The zero-order chi connectivity index (χ0) is 13.1. The molecular weight excluding hydrogens is 224 g/mol. The summed E-state index contributed by atoms with van der Waals surface area (Å²) < 4.78 is 0. The van der Waals surface area contributed by atoms with Crippen molar-refractivity contribution in [1.29, 1.82) is 0 Å².